The van der Waals surface area contributed by atoms with Gasteiger partial charge in [0.05, 0.1) is 0 Å². The molecule has 1 rings (SSSR count). The lowest BCUT2D eigenvalue weighted by Crippen LogP contribution is -2.32. The number of unbranched alkanes of at least 4 members (excludes halogenated alkanes) is 1. The van der Waals surface area contributed by atoms with Crippen molar-refractivity contribution in [3.63, 3.8) is 0 Å². The van der Waals surface area contributed by atoms with E-state index in [1.807, 2.05) is 31.3 Å². The number of benzene rings is 1. The molecule has 0 heterocycles. The molecule has 0 aliphatic carbocycles. The number of rotatable bonds is 7. The molecule has 3 nitrogen and oxygen atoms in total. The van der Waals surface area contributed by atoms with Crippen LogP contribution in [0.5, 0.6) is 0 Å². The van der Waals surface area contributed by atoms with Gasteiger partial charge >= 0.3 is 0 Å². The minimum Gasteiger partial charge on any atom is -0.326 e. The molecule has 0 aromatic heterocycles. The Morgan fingerprint density at radius 1 is 1.26 bits per heavy atom. The maximum absolute atomic E-state index is 12.4. The second-order valence-corrected chi connectivity index (χ2v) is 5.02. The number of carbonyl (C=O) groups is 1. The van der Waals surface area contributed by atoms with Crippen LogP contribution < -0.4 is 10.6 Å². The molecule has 1 atom stereocenters. The van der Waals surface area contributed by atoms with Crippen molar-refractivity contribution in [2.45, 2.75) is 46.1 Å². The summed E-state index contributed by atoms with van der Waals surface area (Å²) in [6.07, 6.45) is 4.14. The molecule has 1 aromatic rings. The largest absolute Gasteiger partial charge is 0.326 e. The fourth-order valence-corrected chi connectivity index (χ4v) is 2.21. The Hall–Kier alpha value is -1.35. The lowest BCUT2D eigenvalue weighted by atomic mass is 9.97. The first-order valence-electron chi connectivity index (χ1n) is 7.20. The molecule has 19 heavy (non-hydrogen) atoms. The fraction of sp³-hybridized carbons (Fsp3) is 0.562. The summed E-state index contributed by atoms with van der Waals surface area (Å²) in [7, 11) is 1.86. The number of hydrogen-bond acceptors (Lipinski definition) is 2. The van der Waals surface area contributed by atoms with E-state index in [0.717, 1.165) is 36.9 Å². The molecule has 2 N–H and O–H groups in total. The summed E-state index contributed by atoms with van der Waals surface area (Å²) in [5.74, 6) is 0.357. The first-order valence-corrected chi connectivity index (χ1v) is 7.20. The van der Waals surface area contributed by atoms with Gasteiger partial charge in [0.2, 0.25) is 5.91 Å². The third-order valence-electron chi connectivity index (χ3n) is 3.64. The van der Waals surface area contributed by atoms with Crippen LogP contribution in [0.15, 0.2) is 24.3 Å². The zero-order valence-electron chi connectivity index (χ0n) is 12.4. The smallest absolute Gasteiger partial charge is 0.229 e. The normalized spacial score (nSPS) is 12.2. The van der Waals surface area contributed by atoms with Crippen LogP contribution in [0.4, 0.5) is 5.69 Å². The summed E-state index contributed by atoms with van der Waals surface area (Å²) in [6, 6.07) is 7.89. The molecule has 106 valence electrons. The average molecular weight is 262 g/mol. The van der Waals surface area contributed by atoms with E-state index >= 15 is 0 Å². The Balaban J connectivity index is 2.73. The Morgan fingerprint density at radius 2 is 1.89 bits per heavy atom. The van der Waals surface area contributed by atoms with Gasteiger partial charge in [0.1, 0.15) is 0 Å². The van der Waals surface area contributed by atoms with Crippen LogP contribution in [0.3, 0.4) is 0 Å². The van der Waals surface area contributed by atoms with Gasteiger partial charge in [0.25, 0.3) is 0 Å². The van der Waals surface area contributed by atoms with Gasteiger partial charge in [-0.05, 0) is 30.5 Å². The molecule has 1 aromatic carbocycles. The van der Waals surface area contributed by atoms with Gasteiger partial charge in [-0.2, -0.15) is 0 Å². The molecule has 0 radical (unpaired) electrons. The van der Waals surface area contributed by atoms with E-state index in [1.54, 1.807) is 4.90 Å². The topological polar surface area (TPSA) is 46.3 Å². The predicted octanol–water partition coefficient (Wildman–Crippen LogP) is 3.32. The Kier molecular flexibility index (Phi) is 6.57. The molecule has 3 heteroatoms. The quantitative estimate of drug-likeness (QED) is 0.819. The van der Waals surface area contributed by atoms with E-state index in [4.69, 9.17) is 5.73 Å². The number of amides is 1. The van der Waals surface area contributed by atoms with Gasteiger partial charge in [0.15, 0.2) is 0 Å². The number of hydrogen-bond donors (Lipinski definition) is 1. The molecule has 0 saturated carbocycles. The zero-order chi connectivity index (χ0) is 14.3. The third-order valence-corrected chi connectivity index (χ3v) is 3.64. The van der Waals surface area contributed by atoms with Gasteiger partial charge in [-0.1, -0.05) is 38.8 Å². The summed E-state index contributed by atoms with van der Waals surface area (Å²) < 4.78 is 0. The van der Waals surface area contributed by atoms with Crippen molar-refractivity contribution >= 4 is 11.6 Å². The molecule has 0 saturated heterocycles. The van der Waals surface area contributed by atoms with Crippen LogP contribution in [0.25, 0.3) is 0 Å². The van der Waals surface area contributed by atoms with E-state index < -0.39 is 0 Å². The monoisotopic (exact) mass is 262 g/mol. The minimum atomic E-state index is 0.138. The maximum Gasteiger partial charge on any atom is 0.229 e. The number of anilines is 1. The Bertz CT molecular complexity index is 386. The molecule has 0 fully saturated rings. The molecule has 0 aliphatic rings. The second-order valence-electron chi connectivity index (χ2n) is 5.02. The average Bonchev–Trinajstić information content (AvgIpc) is 2.47. The summed E-state index contributed by atoms with van der Waals surface area (Å²) in [5.41, 5.74) is 7.61. The molecule has 0 aliphatic heterocycles. The van der Waals surface area contributed by atoms with E-state index in [1.165, 1.54) is 0 Å². The van der Waals surface area contributed by atoms with Crippen LogP contribution in [0, 0.1) is 5.92 Å². The Labute approximate surface area is 116 Å². The van der Waals surface area contributed by atoms with Gasteiger partial charge in [-0.3, -0.25) is 4.79 Å². The van der Waals surface area contributed by atoms with Crippen molar-refractivity contribution in [3.05, 3.63) is 29.8 Å². The van der Waals surface area contributed by atoms with Gasteiger partial charge < -0.3 is 10.6 Å². The fourth-order valence-electron chi connectivity index (χ4n) is 2.21. The van der Waals surface area contributed by atoms with Crippen LogP contribution in [-0.4, -0.2) is 13.0 Å². The molecule has 0 spiro atoms. The van der Waals surface area contributed by atoms with Crippen LogP contribution in [-0.2, 0) is 11.3 Å². The van der Waals surface area contributed by atoms with Crippen molar-refractivity contribution in [2.24, 2.45) is 11.7 Å². The molecule has 1 amide bonds. The predicted molar refractivity (Wildman–Crippen MR) is 81.0 cm³/mol. The highest BCUT2D eigenvalue weighted by atomic mass is 16.2. The zero-order valence-corrected chi connectivity index (χ0v) is 12.4. The number of carbonyl (C=O) groups excluding carboxylic acids is 1. The summed E-state index contributed by atoms with van der Waals surface area (Å²) in [4.78, 5) is 14.2. The molecule has 0 bridgehead atoms. The van der Waals surface area contributed by atoms with Crippen molar-refractivity contribution in [2.75, 3.05) is 11.9 Å². The van der Waals surface area contributed by atoms with E-state index in [9.17, 15) is 4.79 Å². The first-order chi connectivity index (χ1) is 9.13. The molecular weight excluding hydrogens is 236 g/mol. The maximum atomic E-state index is 12.4. The molecule has 1 unspecified atom stereocenters. The highest BCUT2D eigenvalue weighted by Gasteiger charge is 2.20. The summed E-state index contributed by atoms with van der Waals surface area (Å²) in [5, 5.41) is 0. The number of nitrogens with zero attached hydrogens (tertiary/aromatic N) is 1. The second kappa shape index (κ2) is 7.95. The van der Waals surface area contributed by atoms with Crippen LogP contribution in [0.2, 0.25) is 0 Å². The van der Waals surface area contributed by atoms with Crippen molar-refractivity contribution in [1.29, 1.82) is 0 Å². The SMILES string of the molecule is CCCCC(CC)C(=O)N(C)c1ccc(CN)cc1. The van der Waals surface area contributed by atoms with Crippen LogP contribution in [0.1, 0.15) is 45.1 Å². The lowest BCUT2D eigenvalue weighted by Gasteiger charge is -2.23. The number of nitrogens with two attached hydrogens (primary N) is 1. The van der Waals surface area contributed by atoms with E-state index in [2.05, 4.69) is 13.8 Å². The lowest BCUT2D eigenvalue weighted by molar-refractivity contribution is -0.122. The van der Waals surface area contributed by atoms with Gasteiger partial charge in [-0.15, -0.1) is 0 Å². The first kappa shape index (κ1) is 15.7. The standard InChI is InChI=1S/C16H26N2O/c1-4-6-7-14(5-2)16(19)18(3)15-10-8-13(12-17)9-11-15/h8-11,14H,4-7,12,17H2,1-3H3. The highest BCUT2D eigenvalue weighted by molar-refractivity contribution is 5.94. The van der Waals surface area contributed by atoms with Gasteiger partial charge in [-0.25, -0.2) is 0 Å². The van der Waals surface area contributed by atoms with Crippen molar-refractivity contribution < 1.29 is 4.79 Å². The summed E-state index contributed by atoms with van der Waals surface area (Å²) in [6.45, 7) is 4.78. The minimum absolute atomic E-state index is 0.138. The molecular formula is C16H26N2O. The van der Waals surface area contributed by atoms with E-state index in [0.29, 0.717) is 6.54 Å². The van der Waals surface area contributed by atoms with E-state index in [-0.39, 0.29) is 11.8 Å². The Morgan fingerprint density at radius 3 is 2.37 bits per heavy atom. The highest BCUT2D eigenvalue weighted by Crippen LogP contribution is 2.20. The van der Waals surface area contributed by atoms with Crippen molar-refractivity contribution in [3.8, 4) is 0 Å². The van der Waals surface area contributed by atoms with Crippen LogP contribution >= 0.6 is 0 Å². The summed E-state index contributed by atoms with van der Waals surface area (Å²) >= 11 is 0. The third kappa shape index (κ3) is 4.35. The van der Waals surface area contributed by atoms with Gasteiger partial charge in [0, 0.05) is 25.2 Å². The van der Waals surface area contributed by atoms with Crippen molar-refractivity contribution in [1.82, 2.24) is 0 Å².